The zero-order valence-corrected chi connectivity index (χ0v) is 17.6. The highest BCUT2D eigenvalue weighted by atomic mass is 19.4. The zero-order chi connectivity index (χ0) is 23.5. The molecule has 11 heteroatoms. The molecule has 0 spiro atoms. The number of pyridine rings is 2. The van der Waals surface area contributed by atoms with Gasteiger partial charge in [-0.05, 0) is 36.6 Å². The van der Waals surface area contributed by atoms with Gasteiger partial charge in [-0.15, -0.1) is 0 Å². The lowest BCUT2D eigenvalue weighted by molar-refractivity contribution is -0.141. The zero-order valence-electron chi connectivity index (χ0n) is 17.6. The van der Waals surface area contributed by atoms with Crippen LogP contribution in [0.4, 0.5) is 29.3 Å². The maximum atomic E-state index is 13.0. The number of carbonyl (C=O) groups excluding carboxylic acids is 2. The largest absolute Gasteiger partial charge is 0.433 e. The van der Waals surface area contributed by atoms with E-state index in [-0.39, 0.29) is 37.3 Å². The first-order valence-corrected chi connectivity index (χ1v) is 10.1. The molecule has 2 N–H and O–H groups in total. The van der Waals surface area contributed by atoms with Crippen molar-refractivity contribution in [3.05, 3.63) is 48.0 Å². The fourth-order valence-electron chi connectivity index (χ4n) is 3.52. The summed E-state index contributed by atoms with van der Waals surface area (Å²) in [5.41, 5.74) is 0.0747. The fourth-order valence-corrected chi connectivity index (χ4v) is 3.52. The number of urea groups is 1. The van der Waals surface area contributed by atoms with Crippen LogP contribution in [0.15, 0.2) is 36.7 Å². The number of hydrogen-bond acceptors (Lipinski definition) is 5. The Morgan fingerprint density at radius 2 is 1.97 bits per heavy atom. The molecule has 2 aromatic heterocycles. The van der Waals surface area contributed by atoms with Crippen molar-refractivity contribution in [3.8, 4) is 0 Å². The second kappa shape index (κ2) is 9.51. The van der Waals surface area contributed by atoms with Crippen molar-refractivity contribution in [3.63, 3.8) is 0 Å². The van der Waals surface area contributed by atoms with E-state index in [0.29, 0.717) is 17.8 Å². The molecule has 1 saturated heterocycles. The Kier molecular flexibility index (Phi) is 6.97. The van der Waals surface area contributed by atoms with Crippen molar-refractivity contribution in [1.82, 2.24) is 14.9 Å². The van der Waals surface area contributed by atoms with E-state index in [0.717, 1.165) is 12.3 Å². The van der Waals surface area contributed by atoms with Crippen LogP contribution in [0, 0.1) is 5.92 Å². The normalized spacial score (nSPS) is 16.7. The number of alkyl halides is 3. The standard InChI is InChI=1S/C21H24F3N5O3/c1-13(2)7-17-10-28(16-5-6-18(26-9-16)21(22,23)24)20(32)29(17)11-19(31)27-14-3-4-15(12-30)25-8-14/h3-6,8-9,13,17,30H,7,10-12H2,1-2H3,(H,27,31)/t17-/m0/s1. The average molecular weight is 451 g/mol. The van der Waals surface area contributed by atoms with Gasteiger partial charge in [-0.2, -0.15) is 13.2 Å². The molecule has 8 nitrogen and oxygen atoms in total. The summed E-state index contributed by atoms with van der Waals surface area (Å²) in [6.07, 6.45) is -1.52. The van der Waals surface area contributed by atoms with Gasteiger partial charge in [-0.3, -0.25) is 14.7 Å². The van der Waals surface area contributed by atoms with Gasteiger partial charge in [0.2, 0.25) is 5.91 Å². The van der Waals surface area contributed by atoms with E-state index in [2.05, 4.69) is 15.3 Å². The third kappa shape index (κ3) is 5.52. The molecule has 3 heterocycles. The predicted molar refractivity (Wildman–Crippen MR) is 111 cm³/mol. The van der Waals surface area contributed by atoms with E-state index in [1.165, 1.54) is 22.1 Å². The number of anilines is 2. The van der Waals surface area contributed by atoms with E-state index >= 15 is 0 Å². The van der Waals surface area contributed by atoms with Crippen LogP contribution in [0.5, 0.6) is 0 Å². The van der Waals surface area contributed by atoms with Crippen LogP contribution in [0.1, 0.15) is 31.7 Å². The summed E-state index contributed by atoms with van der Waals surface area (Å²) in [4.78, 5) is 35.8. The summed E-state index contributed by atoms with van der Waals surface area (Å²) in [7, 11) is 0. The number of nitrogens with one attached hydrogen (secondary N) is 1. The Morgan fingerprint density at radius 1 is 1.22 bits per heavy atom. The minimum atomic E-state index is -4.57. The van der Waals surface area contributed by atoms with E-state index < -0.39 is 23.8 Å². The summed E-state index contributed by atoms with van der Waals surface area (Å²) in [5.74, 6) is -0.197. The van der Waals surface area contributed by atoms with Crippen molar-refractivity contribution in [2.45, 2.75) is 39.1 Å². The molecule has 0 aromatic carbocycles. The van der Waals surface area contributed by atoms with Crippen LogP contribution in [0.2, 0.25) is 0 Å². The summed E-state index contributed by atoms with van der Waals surface area (Å²) in [6, 6.07) is 4.44. The number of amides is 3. The molecule has 0 aliphatic carbocycles. The Labute approximate surface area is 183 Å². The maximum absolute atomic E-state index is 13.0. The van der Waals surface area contributed by atoms with Crippen molar-refractivity contribution in [1.29, 1.82) is 0 Å². The lowest BCUT2D eigenvalue weighted by Crippen LogP contribution is -2.41. The Hall–Kier alpha value is -3.21. The van der Waals surface area contributed by atoms with Gasteiger partial charge < -0.3 is 15.3 Å². The summed E-state index contributed by atoms with van der Waals surface area (Å²) in [6.45, 7) is 3.77. The smallest absolute Gasteiger partial charge is 0.390 e. The van der Waals surface area contributed by atoms with Gasteiger partial charge in [0.25, 0.3) is 0 Å². The molecule has 3 amide bonds. The van der Waals surface area contributed by atoms with E-state index in [4.69, 9.17) is 5.11 Å². The molecule has 1 fully saturated rings. The molecular weight excluding hydrogens is 427 g/mol. The van der Waals surface area contributed by atoms with Crippen molar-refractivity contribution in [2.75, 3.05) is 23.3 Å². The highest BCUT2D eigenvalue weighted by Gasteiger charge is 2.40. The number of hydrogen-bond donors (Lipinski definition) is 2. The number of rotatable bonds is 7. The van der Waals surface area contributed by atoms with E-state index in [1.807, 2.05) is 13.8 Å². The molecule has 2 aromatic rings. The highest BCUT2D eigenvalue weighted by molar-refractivity contribution is 5.99. The maximum Gasteiger partial charge on any atom is 0.433 e. The quantitative estimate of drug-likeness (QED) is 0.673. The van der Waals surface area contributed by atoms with Crippen LogP contribution in [0.25, 0.3) is 0 Å². The third-order valence-electron chi connectivity index (χ3n) is 4.99. The molecule has 0 unspecified atom stereocenters. The van der Waals surface area contributed by atoms with Gasteiger partial charge in [0.1, 0.15) is 12.2 Å². The Bertz CT molecular complexity index is 949. The van der Waals surface area contributed by atoms with Crippen molar-refractivity contribution >= 4 is 23.3 Å². The SMILES string of the molecule is CC(C)C[C@H]1CN(c2ccc(C(F)(F)F)nc2)C(=O)N1CC(=O)Nc1ccc(CO)nc1. The van der Waals surface area contributed by atoms with Crippen molar-refractivity contribution in [2.24, 2.45) is 5.92 Å². The molecule has 32 heavy (non-hydrogen) atoms. The van der Waals surface area contributed by atoms with Crippen LogP contribution in [-0.2, 0) is 17.6 Å². The topological polar surface area (TPSA) is 98.7 Å². The van der Waals surface area contributed by atoms with Crippen LogP contribution in [-0.4, -0.2) is 51.0 Å². The number of aliphatic hydroxyl groups is 1. The molecule has 1 atom stereocenters. The number of nitrogens with zero attached hydrogens (tertiary/aromatic N) is 4. The fraction of sp³-hybridized carbons (Fsp3) is 0.429. The van der Waals surface area contributed by atoms with Gasteiger partial charge in [0, 0.05) is 6.54 Å². The summed E-state index contributed by atoms with van der Waals surface area (Å²) >= 11 is 0. The Morgan fingerprint density at radius 3 is 2.50 bits per heavy atom. The molecule has 172 valence electrons. The van der Waals surface area contributed by atoms with Gasteiger partial charge in [-0.1, -0.05) is 13.8 Å². The van der Waals surface area contributed by atoms with Gasteiger partial charge >= 0.3 is 12.2 Å². The number of carbonyl (C=O) groups is 2. The second-order valence-corrected chi connectivity index (χ2v) is 7.95. The molecule has 1 aliphatic heterocycles. The van der Waals surface area contributed by atoms with E-state index in [9.17, 15) is 22.8 Å². The molecule has 3 rings (SSSR count). The van der Waals surface area contributed by atoms with Crippen molar-refractivity contribution < 1.29 is 27.9 Å². The number of halogens is 3. The van der Waals surface area contributed by atoms with E-state index in [1.54, 1.807) is 12.1 Å². The van der Waals surface area contributed by atoms with Crippen LogP contribution < -0.4 is 10.2 Å². The number of aliphatic hydroxyl groups excluding tert-OH is 1. The van der Waals surface area contributed by atoms with Crippen LogP contribution in [0.3, 0.4) is 0 Å². The highest BCUT2D eigenvalue weighted by Crippen LogP contribution is 2.31. The first-order chi connectivity index (χ1) is 15.1. The predicted octanol–water partition coefficient (Wildman–Crippen LogP) is 3.28. The molecule has 1 aliphatic rings. The lowest BCUT2D eigenvalue weighted by atomic mass is 10.0. The molecule has 0 saturated carbocycles. The average Bonchev–Trinajstić information content (AvgIpc) is 3.03. The molecule has 0 radical (unpaired) electrons. The summed E-state index contributed by atoms with van der Waals surface area (Å²) < 4.78 is 38.4. The third-order valence-corrected chi connectivity index (χ3v) is 4.99. The number of aromatic nitrogens is 2. The first kappa shape index (κ1) is 23.5. The molecular formula is C21H24F3N5O3. The minimum Gasteiger partial charge on any atom is -0.390 e. The Balaban J connectivity index is 1.74. The minimum absolute atomic E-state index is 0.220. The van der Waals surface area contributed by atoms with Gasteiger partial charge in [0.15, 0.2) is 0 Å². The van der Waals surface area contributed by atoms with Gasteiger partial charge in [-0.25, -0.2) is 9.78 Å². The van der Waals surface area contributed by atoms with Crippen LogP contribution >= 0.6 is 0 Å². The first-order valence-electron chi connectivity index (χ1n) is 10.1. The monoisotopic (exact) mass is 451 g/mol. The lowest BCUT2D eigenvalue weighted by Gasteiger charge is -2.23. The van der Waals surface area contributed by atoms with Gasteiger partial charge in [0.05, 0.1) is 42.1 Å². The molecule has 0 bridgehead atoms. The second-order valence-electron chi connectivity index (χ2n) is 7.95. The summed E-state index contributed by atoms with van der Waals surface area (Å²) in [5, 5.41) is 11.7.